The topological polar surface area (TPSA) is 49.4 Å². The molecule has 2 amide bonds. The molecule has 112 valence electrons. The van der Waals surface area contributed by atoms with Gasteiger partial charge in [-0.3, -0.25) is 9.59 Å². The molecule has 2 aliphatic rings. The van der Waals surface area contributed by atoms with Gasteiger partial charge in [-0.15, -0.1) is 0 Å². The van der Waals surface area contributed by atoms with Crippen LogP contribution >= 0.6 is 0 Å². The predicted molar refractivity (Wildman–Crippen MR) is 80.7 cm³/mol. The lowest BCUT2D eigenvalue weighted by Gasteiger charge is -2.35. The van der Waals surface area contributed by atoms with Crippen LogP contribution in [0.1, 0.15) is 48.0 Å². The maximum atomic E-state index is 12.6. The van der Waals surface area contributed by atoms with E-state index in [-0.39, 0.29) is 23.8 Å². The molecule has 1 heterocycles. The van der Waals surface area contributed by atoms with E-state index < -0.39 is 0 Å². The van der Waals surface area contributed by atoms with Gasteiger partial charge in [-0.25, -0.2) is 0 Å². The summed E-state index contributed by atoms with van der Waals surface area (Å²) in [7, 11) is 1.66. The van der Waals surface area contributed by atoms with Crippen molar-refractivity contribution in [3.8, 4) is 0 Å². The molecule has 1 aromatic carbocycles. The summed E-state index contributed by atoms with van der Waals surface area (Å²) in [5, 5.41) is 2.75. The summed E-state index contributed by atoms with van der Waals surface area (Å²) in [5.41, 5.74) is 1.79. The van der Waals surface area contributed by atoms with Gasteiger partial charge in [0.1, 0.15) is 6.04 Å². The Labute approximate surface area is 125 Å². The number of likely N-dealkylation sites (N-methyl/N-ethyl adjacent to an activating group) is 1. The number of rotatable bonds is 3. The van der Waals surface area contributed by atoms with Crippen LogP contribution in [0.15, 0.2) is 24.3 Å². The zero-order chi connectivity index (χ0) is 14.8. The quantitative estimate of drug-likeness (QED) is 0.927. The summed E-state index contributed by atoms with van der Waals surface area (Å²) in [6, 6.07) is 7.35. The molecule has 4 heteroatoms. The summed E-state index contributed by atoms with van der Waals surface area (Å²) in [6.45, 7) is 0.559. The van der Waals surface area contributed by atoms with Gasteiger partial charge < -0.3 is 10.2 Å². The molecule has 1 aromatic rings. The van der Waals surface area contributed by atoms with Gasteiger partial charge in [0.2, 0.25) is 5.91 Å². The summed E-state index contributed by atoms with van der Waals surface area (Å²) in [6.07, 6.45) is 5.64. The second-order valence-electron chi connectivity index (χ2n) is 6.05. The minimum absolute atomic E-state index is 0.00442. The number of hydrogen-bond donors (Lipinski definition) is 1. The molecule has 0 radical (unpaired) electrons. The lowest BCUT2D eigenvalue weighted by molar-refractivity contribution is -0.127. The molecule has 0 spiro atoms. The molecule has 1 fully saturated rings. The largest absolute Gasteiger partial charge is 0.357 e. The Hall–Kier alpha value is -1.84. The number of benzene rings is 1. The predicted octanol–water partition coefficient (Wildman–Crippen LogP) is 2.34. The fourth-order valence-corrected chi connectivity index (χ4v) is 3.71. The zero-order valence-corrected chi connectivity index (χ0v) is 12.5. The lowest BCUT2D eigenvalue weighted by atomic mass is 9.83. The first-order valence-corrected chi connectivity index (χ1v) is 7.83. The third-order valence-electron chi connectivity index (χ3n) is 4.80. The summed E-state index contributed by atoms with van der Waals surface area (Å²) < 4.78 is 0. The van der Waals surface area contributed by atoms with Crippen molar-refractivity contribution >= 4 is 11.8 Å². The molecule has 0 aromatic heterocycles. The normalized spacial score (nSPS) is 20.2. The van der Waals surface area contributed by atoms with E-state index in [0.29, 0.717) is 6.54 Å². The van der Waals surface area contributed by atoms with Crippen LogP contribution in [0, 0.1) is 5.92 Å². The van der Waals surface area contributed by atoms with Gasteiger partial charge in [0.05, 0.1) is 0 Å². The van der Waals surface area contributed by atoms with Crippen LogP contribution in [0.25, 0.3) is 0 Å². The molecule has 1 aliphatic heterocycles. The fourth-order valence-electron chi connectivity index (χ4n) is 3.71. The van der Waals surface area contributed by atoms with Crippen molar-refractivity contribution in [1.29, 1.82) is 0 Å². The van der Waals surface area contributed by atoms with Gasteiger partial charge in [0, 0.05) is 19.2 Å². The van der Waals surface area contributed by atoms with Crippen molar-refractivity contribution < 1.29 is 9.59 Å². The molecule has 1 saturated carbocycles. The van der Waals surface area contributed by atoms with E-state index in [1.807, 2.05) is 24.3 Å². The van der Waals surface area contributed by atoms with Crippen LogP contribution < -0.4 is 5.32 Å². The highest BCUT2D eigenvalue weighted by Gasteiger charge is 2.40. The number of hydrogen-bond acceptors (Lipinski definition) is 2. The Morgan fingerprint density at radius 1 is 1.24 bits per heavy atom. The van der Waals surface area contributed by atoms with Gasteiger partial charge in [0.25, 0.3) is 5.91 Å². The molecular weight excluding hydrogens is 264 g/mol. The van der Waals surface area contributed by atoms with Gasteiger partial charge >= 0.3 is 0 Å². The van der Waals surface area contributed by atoms with Crippen molar-refractivity contribution in [2.45, 2.75) is 44.7 Å². The van der Waals surface area contributed by atoms with Crippen molar-refractivity contribution in [2.75, 3.05) is 7.05 Å². The van der Waals surface area contributed by atoms with Gasteiger partial charge in [-0.1, -0.05) is 37.5 Å². The lowest BCUT2D eigenvalue weighted by Crippen LogP contribution is -2.50. The Kier molecular flexibility index (Phi) is 3.95. The monoisotopic (exact) mass is 286 g/mol. The minimum Gasteiger partial charge on any atom is -0.357 e. The molecule has 1 N–H and O–H groups in total. The average molecular weight is 286 g/mol. The van der Waals surface area contributed by atoms with Crippen molar-refractivity contribution in [3.05, 3.63) is 35.4 Å². The van der Waals surface area contributed by atoms with Crippen LogP contribution in [0.4, 0.5) is 0 Å². The maximum Gasteiger partial charge on any atom is 0.255 e. The third kappa shape index (κ3) is 2.55. The van der Waals surface area contributed by atoms with E-state index in [1.165, 1.54) is 6.42 Å². The van der Waals surface area contributed by atoms with Crippen molar-refractivity contribution in [1.82, 2.24) is 10.2 Å². The second kappa shape index (κ2) is 5.88. The second-order valence-corrected chi connectivity index (χ2v) is 6.05. The van der Waals surface area contributed by atoms with Crippen LogP contribution in [0.2, 0.25) is 0 Å². The molecular formula is C17H22N2O2. The van der Waals surface area contributed by atoms with E-state index >= 15 is 0 Å². The highest BCUT2D eigenvalue weighted by molar-refractivity contribution is 6.01. The highest BCUT2D eigenvalue weighted by Crippen LogP contribution is 2.33. The molecule has 3 rings (SSSR count). The molecule has 4 nitrogen and oxygen atoms in total. The first-order valence-electron chi connectivity index (χ1n) is 7.83. The smallest absolute Gasteiger partial charge is 0.255 e. The maximum absolute atomic E-state index is 12.6. The Morgan fingerprint density at radius 3 is 2.62 bits per heavy atom. The number of carbonyl (C=O) groups is 2. The standard InChI is InChI=1S/C17H22N2O2/c1-18-16(20)15(12-7-3-2-4-8-12)19-11-13-9-5-6-10-14(13)17(19)21/h5-6,9-10,12,15H,2-4,7-8,11H2,1H3,(H,18,20). The van der Waals surface area contributed by atoms with E-state index in [0.717, 1.165) is 36.8 Å². The average Bonchev–Trinajstić information content (AvgIpc) is 2.86. The van der Waals surface area contributed by atoms with Crippen LogP contribution in [0.3, 0.4) is 0 Å². The SMILES string of the molecule is CNC(=O)C(C1CCCCC1)N1Cc2ccccc2C1=O. The summed E-state index contributed by atoms with van der Waals surface area (Å²) >= 11 is 0. The highest BCUT2D eigenvalue weighted by atomic mass is 16.2. The van der Waals surface area contributed by atoms with E-state index in [4.69, 9.17) is 0 Å². The van der Waals surface area contributed by atoms with E-state index in [1.54, 1.807) is 11.9 Å². The van der Waals surface area contributed by atoms with Crippen molar-refractivity contribution in [3.63, 3.8) is 0 Å². The Morgan fingerprint density at radius 2 is 1.95 bits per heavy atom. The molecule has 1 unspecified atom stereocenters. The number of carbonyl (C=O) groups excluding carboxylic acids is 2. The van der Waals surface area contributed by atoms with E-state index in [9.17, 15) is 9.59 Å². The van der Waals surface area contributed by atoms with Crippen LogP contribution in [-0.2, 0) is 11.3 Å². The van der Waals surface area contributed by atoms with Crippen molar-refractivity contribution in [2.24, 2.45) is 5.92 Å². The molecule has 0 saturated heterocycles. The molecule has 0 bridgehead atoms. The zero-order valence-electron chi connectivity index (χ0n) is 12.5. The minimum atomic E-state index is -0.324. The molecule has 1 aliphatic carbocycles. The number of nitrogens with zero attached hydrogens (tertiary/aromatic N) is 1. The molecule has 21 heavy (non-hydrogen) atoms. The number of nitrogens with one attached hydrogen (secondary N) is 1. The fraction of sp³-hybridized carbons (Fsp3) is 0.529. The van der Waals surface area contributed by atoms with E-state index in [2.05, 4.69) is 5.32 Å². The Balaban J connectivity index is 1.88. The first-order chi connectivity index (χ1) is 10.2. The summed E-state index contributed by atoms with van der Waals surface area (Å²) in [5.74, 6) is 0.268. The van der Waals surface area contributed by atoms with Gasteiger partial charge in [-0.2, -0.15) is 0 Å². The number of fused-ring (bicyclic) bond motifs is 1. The van der Waals surface area contributed by atoms with Gasteiger partial charge in [0.15, 0.2) is 0 Å². The van der Waals surface area contributed by atoms with Crippen LogP contribution in [0.5, 0.6) is 0 Å². The molecule has 1 atom stereocenters. The first kappa shape index (κ1) is 14.1. The Bertz CT molecular complexity index is 549. The van der Waals surface area contributed by atoms with Gasteiger partial charge in [-0.05, 0) is 30.4 Å². The summed E-state index contributed by atoms with van der Waals surface area (Å²) in [4.78, 5) is 26.8. The third-order valence-corrected chi connectivity index (χ3v) is 4.80. The van der Waals surface area contributed by atoms with Crippen LogP contribution in [-0.4, -0.2) is 29.8 Å². The number of amides is 2.